The molecule has 0 aliphatic heterocycles. The number of guanidine groups is 1. The van der Waals surface area contributed by atoms with Crippen molar-refractivity contribution in [3.05, 3.63) is 56.7 Å². The first kappa shape index (κ1) is 19.1. The molecule has 3 atom stereocenters. The van der Waals surface area contributed by atoms with Gasteiger partial charge in [-0.2, -0.15) is 0 Å². The van der Waals surface area contributed by atoms with Crippen LogP contribution in [0.3, 0.4) is 0 Å². The molecule has 140 valence electrons. The summed E-state index contributed by atoms with van der Waals surface area (Å²) in [4.78, 5) is 5.12. The molecule has 1 heterocycles. The molecule has 1 saturated carbocycles. The summed E-state index contributed by atoms with van der Waals surface area (Å²) < 4.78 is 28.4. The molecule has 3 unspecified atom stereocenters. The van der Waals surface area contributed by atoms with Gasteiger partial charge in [-0.05, 0) is 37.6 Å². The van der Waals surface area contributed by atoms with Gasteiger partial charge in [0, 0.05) is 28.9 Å². The summed E-state index contributed by atoms with van der Waals surface area (Å²) in [5, 5.41) is 16.5. The first-order chi connectivity index (χ1) is 12.5. The topological polar surface area (TPSA) is 56.7 Å². The number of aliphatic hydroxyl groups is 1. The van der Waals surface area contributed by atoms with Gasteiger partial charge in [0.15, 0.2) is 5.96 Å². The maximum atomic E-state index is 13.9. The molecule has 0 bridgehead atoms. The van der Waals surface area contributed by atoms with Gasteiger partial charge < -0.3 is 15.7 Å². The number of aliphatic imine (C=N–C) groups is 1. The molecular weight excluding hydrogens is 380 g/mol. The lowest BCUT2D eigenvalue weighted by atomic mass is 10.1. The summed E-state index contributed by atoms with van der Waals surface area (Å²) in [5.74, 6) is -0.753. The van der Waals surface area contributed by atoms with Crippen molar-refractivity contribution < 1.29 is 13.9 Å². The Morgan fingerprint density at radius 2 is 2.08 bits per heavy atom. The number of halogens is 3. The highest BCUT2D eigenvalue weighted by Gasteiger charge is 2.42. The summed E-state index contributed by atoms with van der Waals surface area (Å²) in [6.45, 7) is 2.73. The van der Waals surface area contributed by atoms with Crippen molar-refractivity contribution in [1.29, 1.82) is 0 Å². The molecule has 1 aromatic carbocycles. The number of rotatable bonds is 6. The third kappa shape index (κ3) is 4.52. The quantitative estimate of drug-likeness (QED) is 0.511. The van der Waals surface area contributed by atoms with Gasteiger partial charge in [0.1, 0.15) is 17.7 Å². The molecule has 26 heavy (non-hydrogen) atoms. The zero-order valence-electron chi connectivity index (χ0n) is 14.2. The normalized spacial score (nSPS) is 20.7. The Morgan fingerprint density at radius 3 is 2.69 bits per heavy atom. The Kier molecular flexibility index (Phi) is 6.11. The van der Waals surface area contributed by atoms with E-state index in [1.54, 1.807) is 12.1 Å². The molecule has 0 amide bonds. The van der Waals surface area contributed by atoms with E-state index >= 15 is 0 Å². The number of hydrogen-bond acceptors (Lipinski definition) is 3. The average Bonchev–Trinajstić information content (AvgIpc) is 3.19. The van der Waals surface area contributed by atoms with Gasteiger partial charge in [-0.3, -0.25) is 4.99 Å². The Balaban J connectivity index is 1.62. The lowest BCUT2D eigenvalue weighted by Gasteiger charge is -2.13. The SMILES string of the molecule is CCNC(=NCC(O)c1ccc(Cl)s1)NC1CC1c1c(F)cccc1F. The smallest absolute Gasteiger partial charge is 0.191 e. The van der Waals surface area contributed by atoms with Crippen LogP contribution in [0.1, 0.15) is 35.8 Å². The minimum absolute atomic E-state index is 0.0903. The van der Waals surface area contributed by atoms with Gasteiger partial charge in [-0.1, -0.05) is 17.7 Å². The van der Waals surface area contributed by atoms with Crippen LogP contribution in [0.4, 0.5) is 8.78 Å². The van der Waals surface area contributed by atoms with E-state index < -0.39 is 17.7 Å². The van der Waals surface area contributed by atoms with Crippen LogP contribution in [0.2, 0.25) is 4.34 Å². The molecule has 3 N–H and O–H groups in total. The van der Waals surface area contributed by atoms with Gasteiger partial charge in [0.05, 0.1) is 10.9 Å². The number of benzene rings is 1. The second kappa shape index (κ2) is 8.33. The van der Waals surface area contributed by atoms with E-state index in [1.165, 1.54) is 29.5 Å². The fourth-order valence-electron chi connectivity index (χ4n) is 2.81. The van der Waals surface area contributed by atoms with Crippen molar-refractivity contribution in [1.82, 2.24) is 10.6 Å². The number of thiophene rings is 1. The van der Waals surface area contributed by atoms with Crippen molar-refractivity contribution in [2.24, 2.45) is 4.99 Å². The van der Waals surface area contributed by atoms with Crippen LogP contribution >= 0.6 is 22.9 Å². The molecule has 0 spiro atoms. The maximum Gasteiger partial charge on any atom is 0.191 e. The third-order valence-corrected chi connectivity index (χ3v) is 5.50. The van der Waals surface area contributed by atoms with Gasteiger partial charge in [-0.25, -0.2) is 8.78 Å². The zero-order valence-corrected chi connectivity index (χ0v) is 15.7. The van der Waals surface area contributed by atoms with Crippen LogP contribution in [-0.4, -0.2) is 30.2 Å². The molecule has 1 aliphatic rings. The molecule has 0 radical (unpaired) electrons. The second-order valence-corrected chi connectivity index (χ2v) is 7.85. The van der Waals surface area contributed by atoms with E-state index in [0.29, 0.717) is 23.3 Å². The Bertz CT molecular complexity index is 778. The second-order valence-electron chi connectivity index (χ2n) is 6.11. The van der Waals surface area contributed by atoms with Crippen LogP contribution in [0, 0.1) is 11.6 Å². The first-order valence-electron chi connectivity index (χ1n) is 8.41. The van der Waals surface area contributed by atoms with E-state index in [-0.39, 0.29) is 24.1 Å². The summed E-state index contributed by atoms with van der Waals surface area (Å²) >= 11 is 7.19. The van der Waals surface area contributed by atoms with E-state index in [0.717, 1.165) is 4.88 Å². The van der Waals surface area contributed by atoms with Crippen molar-refractivity contribution in [3.8, 4) is 0 Å². The summed E-state index contributed by atoms with van der Waals surface area (Å²) in [7, 11) is 0. The first-order valence-corrected chi connectivity index (χ1v) is 9.61. The minimum Gasteiger partial charge on any atom is -0.386 e. The fraction of sp³-hybridized carbons (Fsp3) is 0.389. The van der Waals surface area contributed by atoms with Crippen LogP contribution in [0.25, 0.3) is 0 Å². The van der Waals surface area contributed by atoms with Crippen LogP contribution in [0.5, 0.6) is 0 Å². The van der Waals surface area contributed by atoms with E-state index in [1.807, 2.05) is 6.92 Å². The van der Waals surface area contributed by atoms with Crippen LogP contribution in [-0.2, 0) is 0 Å². The van der Waals surface area contributed by atoms with E-state index in [2.05, 4.69) is 15.6 Å². The molecule has 8 heteroatoms. The molecule has 1 aromatic heterocycles. The van der Waals surface area contributed by atoms with E-state index in [9.17, 15) is 13.9 Å². The Hall–Kier alpha value is -1.70. The molecule has 1 fully saturated rings. The fourth-order valence-corrected chi connectivity index (χ4v) is 3.85. The predicted molar refractivity (Wildman–Crippen MR) is 101 cm³/mol. The van der Waals surface area contributed by atoms with Gasteiger partial charge >= 0.3 is 0 Å². The molecule has 3 rings (SSSR count). The monoisotopic (exact) mass is 399 g/mol. The van der Waals surface area contributed by atoms with Crippen molar-refractivity contribution in [2.75, 3.05) is 13.1 Å². The largest absolute Gasteiger partial charge is 0.386 e. The summed E-state index contributed by atoms with van der Waals surface area (Å²) in [6, 6.07) is 7.32. The highest BCUT2D eigenvalue weighted by molar-refractivity contribution is 7.16. The van der Waals surface area contributed by atoms with Gasteiger partial charge in [0.2, 0.25) is 0 Å². The van der Waals surface area contributed by atoms with Crippen molar-refractivity contribution in [3.63, 3.8) is 0 Å². The molecular formula is C18H20ClF2N3OS. The van der Waals surface area contributed by atoms with Crippen LogP contribution in [0.15, 0.2) is 35.3 Å². The minimum atomic E-state index is -0.748. The van der Waals surface area contributed by atoms with Gasteiger partial charge in [-0.15, -0.1) is 11.3 Å². The maximum absolute atomic E-state index is 13.9. The molecule has 0 saturated heterocycles. The standard InChI is InChI=1S/C18H20ClF2N3OS/c1-2-22-18(23-9-14(25)15-6-7-16(19)26-15)24-13-8-10(13)17-11(20)4-3-5-12(17)21/h3-7,10,13-14,25H,2,8-9H2,1H3,(H2,22,23,24). The Labute approximate surface area is 159 Å². The lowest BCUT2D eigenvalue weighted by Crippen LogP contribution is -2.39. The number of nitrogens with one attached hydrogen (secondary N) is 2. The predicted octanol–water partition coefficient (Wildman–Crippen LogP) is 3.82. The molecule has 1 aliphatic carbocycles. The number of nitrogens with zero attached hydrogens (tertiary/aromatic N) is 1. The van der Waals surface area contributed by atoms with E-state index in [4.69, 9.17) is 11.6 Å². The molecule has 4 nitrogen and oxygen atoms in total. The van der Waals surface area contributed by atoms with Gasteiger partial charge in [0.25, 0.3) is 0 Å². The number of aliphatic hydroxyl groups excluding tert-OH is 1. The third-order valence-electron chi connectivity index (χ3n) is 4.17. The summed E-state index contributed by atoms with van der Waals surface area (Å²) in [6.07, 6.45) is -0.118. The average molecular weight is 400 g/mol. The highest BCUT2D eigenvalue weighted by atomic mass is 35.5. The van der Waals surface area contributed by atoms with Crippen molar-refractivity contribution in [2.45, 2.75) is 31.4 Å². The lowest BCUT2D eigenvalue weighted by molar-refractivity contribution is 0.191. The van der Waals surface area contributed by atoms with Crippen molar-refractivity contribution >= 4 is 28.9 Å². The Morgan fingerprint density at radius 1 is 1.35 bits per heavy atom. The molecule has 2 aromatic rings. The van der Waals surface area contributed by atoms with Crippen LogP contribution < -0.4 is 10.6 Å². The zero-order chi connectivity index (χ0) is 18.7. The highest BCUT2D eigenvalue weighted by Crippen LogP contribution is 2.43. The summed E-state index contributed by atoms with van der Waals surface area (Å²) in [5.41, 5.74) is 0.120. The number of hydrogen-bond donors (Lipinski definition) is 3.